The first-order valence-electron chi connectivity index (χ1n) is 21.5. The maximum atomic E-state index is 15.6. The van der Waals surface area contributed by atoms with Gasteiger partial charge in [0.05, 0.1) is 55.1 Å². The highest BCUT2D eigenvalue weighted by Gasteiger charge is 2.79. The van der Waals surface area contributed by atoms with Crippen LogP contribution in [0.2, 0.25) is 0 Å². The van der Waals surface area contributed by atoms with Crippen molar-refractivity contribution in [1.82, 2.24) is 5.32 Å². The molecule has 2 heterocycles. The van der Waals surface area contributed by atoms with Crippen molar-refractivity contribution in [3.63, 3.8) is 0 Å². The molecule has 352 valence electrons. The number of fused-ring (bicyclic) bond motifs is 5. The summed E-state index contributed by atoms with van der Waals surface area (Å²) in [5, 5.41) is 38.2. The van der Waals surface area contributed by atoms with E-state index >= 15 is 4.79 Å². The Bertz CT molecular complexity index is 1950. The third-order valence-electron chi connectivity index (χ3n) is 15.0. The number of carbonyl (C=O) groups excluding carboxylic acids is 7. The predicted octanol–water partition coefficient (Wildman–Crippen LogP) is 2.90. The highest BCUT2D eigenvalue weighted by molar-refractivity contribution is 5.95. The van der Waals surface area contributed by atoms with E-state index < -0.39 is 142 Å². The Balaban J connectivity index is 1.56. The summed E-state index contributed by atoms with van der Waals surface area (Å²) in [4.78, 5) is 97.3. The molecule has 0 radical (unpaired) electrons. The number of rotatable bonds is 9. The second-order valence-corrected chi connectivity index (χ2v) is 20.3. The minimum absolute atomic E-state index is 0.0273. The van der Waals surface area contributed by atoms with Crippen molar-refractivity contribution < 1.29 is 86.8 Å². The molecule has 1 amide bonds. The van der Waals surface area contributed by atoms with Crippen molar-refractivity contribution in [2.75, 3.05) is 20.3 Å². The molecule has 0 aromatic heterocycles. The molecule has 6 rings (SSSR count). The van der Waals surface area contributed by atoms with E-state index in [-0.39, 0.29) is 24.2 Å². The number of aliphatic hydroxyl groups excluding tert-OH is 2. The lowest BCUT2D eigenvalue weighted by Crippen LogP contribution is -2.82. The Morgan fingerprint density at radius 3 is 2.13 bits per heavy atom. The van der Waals surface area contributed by atoms with Crippen LogP contribution in [0, 0.1) is 28.1 Å². The minimum Gasteiger partial charge on any atom is -0.459 e. The Hall–Kier alpha value is -4.33. The number of amides is 1. The molecule has 0 spiro atoms. The lowest BCUT2D eigenvalue weighted by atomic mass is 9.44. The van der Waals surface area contributed by atoms with Gasteiger partial charge in [0.1, 0.15) is 29.0 Å². The molecule has 19 nitrogen and oxygen atoms in total. The lowest BCUT2D eigenvalue weighted by molar-refractivity contribution is -0.347. The number of methoxy groups -OCH3 is 1. The monoisotopic (exact) mass is 893 g/mol. The van der Waals surface area contributed by atoms with Gasteiger partial charge >= 0.3 is 36.1 Å². The van der Waals surface area contributed by atoms with Gasteiger partial charge in [-0.3, -0.25) is 19.2 Å². The lowest BCUT2D eigenvalue weighted by Gasteiger charge is -2.68. The topological polar surface area (TPSA) is 266 Å². The van der Waals surface area contributed by atoms with E-state index in [1.165, 1.54) is 48.5 Å². The van der Waals surface area contributed by atoms with Gasteiger partial charge in [-0.1, -0.05) is 33.1 Å². The second kappa shape index (κ2) is 16.3. The highest BCUT2D eigenvalue weighted by atomic mass is 16.8. The van der Waals surface area contributed by atoms with Crippen molar-refractivity contribution in [2.45, 2.75) is 173 Å². The number of aliphatic hydroxyl groups is 3. The number of ketones is 1. The first-order valence-corrected chi connectivity index (χ1v) is 21.5. The maximum Gasteiger partial charge on any atom is 0.508 e. The van der Waals surface area contributed by atoms with Gasteiger partial charge in [-0.05, 0) is 72.5 Å². The van der Waals surface area contributed by atoms with Crippen LogP contribution in [0.4, 0.5) is 9.59 Å². The number of cyclic esters (lactones) is 1. The molecule has 2 aliphatic heterocycles. The van der Waals surface area contributed by atoms with Gasteiger partial charge in [0.15, 0.2) is 17.5 Å². The van der Waals surface area contributed by atoms with E-state index in [4.69, 9.17) is 37.9 Å². The van der Waals surface area contributed by atoms with Crippen molar-refractivity contribution in [1.29, 1.82) is 0 Å². The number of hydrogen-bond acceptors (Lipinski definition) is 18. The Kier molecular flexibility index (Phi) is 12.4. The van der Waals surface area contributed by atoms with Gasteiger partial charge in [-0.25, -0.2) is 14.4 Å². The van der Waals surface area contributed by atoms with E-state index in [2.05, 4.69) is 5.32 Å². The molecule has 2 bridgehead atoms. The molecule has 4 aliphatic carbocycles. The Morgan fingerprint density at radius 1 is 0.937 bits per heavy atom. The fourth-order valence-electron chi connectivity index (χ4n) is 11.0. The summed E-state index contributed by atoms with van der Waals surface area (Å²) >= 11 is 0. The quantitative estimate of drug-likeness (QED) is 0.147. The summed E-state index contributed by atoms with van der Waals surface area (Å²) in [7, 11) is 1.07. The third kappa shape index (κ3) is 7.67. The van der Waals surface area contributed by atoms with E-state index in [9.17, 15) is 44.1 Å². The smallest absolute Gasteiger partial charge is 0.459 e. The van der Waals surface area contributed by atoms with Crippen LogP contribution < -0.4 is 5.32 Å². The molecule has 11 atom stereocenters. The van der Waals surface area contributed by atoms with Crippen molar-refractivity contribution in [3.05, 3.63) is 11.1 Å². The standard InChI is InChI=1S/C44H63NO18/c1-21-26-27(58-22(2)47)31(49)42(10)24(48)17-25-43(20-57-25,63-37(54)56-11)29(42)32(60-33(50)23-15-13-12-14-16-23)44(55,40(26,7)8)18-41(21,9)61-34(51)28-30(39(5,6)35(52)59-28)45-36(53)62-38(3,4)19-46/h23-25,27-30,32,46,48,55H,12-20H2,1-11H3,(H,45,53)/t24?,25-,27-,28?,29?,30-,32+,41+,42-,43+,44-/m1/s1. The zero-order valence-electron chi connectivity index (χ0n) is 37.9. The van der Waals surface area contributed by atoms with Crippen LogP contribution in [0.5, 0.6) is 0 Å². The first-order chi connectivity index (χ1) is 29.1. The number of nitrogens with one attached hydrogen (secondary N) is 1. The van der Waals surface area contributed by atoms with Crippen molar-refractivity contribution >= 4 is 41.9 Å². The summed E-state index contributed by atoms with van der Waals surface area (Å²) in [6, 6.07) is -1.39. The van der Waals surface area contributed by atoms with Gasteiger partial charge in [0, 0.05) is 25.2 Å². The SMILES string of the molecule is COC(=O)O[C@@]12CO[C@@H]1CC(O)[C@@]1(C)C(=O)[C@H](OC(C)=O)C3=C(C)[C@@](C)(OC(=O)C4OC(=O)C(C)(C)[C@@H]4NC(=O)OC(C)(C)CO)C[C@@](O)([C@@H](OC(=O)C4CCCCC4)C12)C3(C)C. The molecule has 6 aliphatic rings. The first kappa shape index (κ1) is 48.1. The summed E-state index contributed by atoms with van der Waals surface area (Å²) in [5.41, 5.74) is -12.9. The largest absolute Gasteiger partial charge is 0.508 e. The zero-order chi connectivity index (χ0) is 47.0. The van der Waals surface area contributed by atoms with Crippen LogP contribution in [0.15, 0.2) is 11.1 Å². The van der Waals surface area contributed by atoms with Gasteiger partial charge < -0.3 is 58.5 Å². The fraction of sp³-hybridized carbons (Fsp3) is 0.795. The number of ether oxygens (including phenoxy) is 8. The molecule has 0 aromatic rings. The van der Waals surface area contributed by atoms with E-state index in [0.717, 1.165) is 33.3 Å². The average molecular weight is 894 g/mol. The van der Waals surface area contributed by atoms with Gasteiger partial charge in [-0.15, -0.1) is 0 Å². The molecule has 3 unspecified atom stereocenters. The zero-order valence-corrected chi connectivity index (χ0v) is 37.9. The summed E-state index contributed by atoms with van der Waals surface area (Å²) in [6.07, 6.45) is -8.00. The maximum absolute atomic E-state index is 15.6. The minimum atomic E-state index is -2.43. The summed E-state index contributed by atoms with van der Waals surface area (Å²) in [6.45, 7) is 13.4. The molecular formula is C44H63NO18. The van der Waals surface area contributed by atoms with Crippen LogP contribution >= 0.6 is 0 Å². The normalized spacial score (nSPS) is 38.2. The number of hydrogen-bond donors (Lipinski definition) is 4. The predicted molar refractivity (Wildman–Crippen MR) is 214 cm³/mol. The number of Topliss-reactive ketones (excluding diaryl/α,β-unsaturated/α-hetero) is 1. The van der Waals surface area contributed by atoms with Crippen LogP contribution in [0.1, 0.15) is 114 Å². The van der Waals surface area contributed by atoms with Crippen LogP contribution in [0.25, 0.3) is 0 Å². The van der Waals surface area contributed by atoms with E-state index in [0.29, 0.717) is 12.8 Å². The van der Waals surface area contributed by atoms with Crippen molar-refractivity contribution in [3.8, 4) is 0 Å². The Morgan fingerprint density at radius 2 is 1.57 bits per heavy atom. The molecule has 3 saturated carbocycles. The molecule has 0 aromatic carbocycles. The number of carbonyl (C=O) groups is 7. The fourth-order valence-corrected chi connectivity index (χ4v) is 11.0. The molecule has 4 N–H and O–H groups in total. The van der Waals surface area contributed by atoms with Gasteiger partial charge in [0.25, 0.3) is 0 Å². The third-order valence-corrected chi connectivity index (χ3v) is 15.0. The van der Waals surface area contributed by atoms with Crippen molar-refractivity contribution in [2.24, 2.45) is 28.1 Å². The molecule has 63 heavy (non-hydrogen) atoms. The summed E-state index contributed by atoms with van der Waals surface area (Å²) in [5.74, 6) is -6.79. The van der Waals surface area contributed by atoms with Gasteiger partial charge in [0.2, 0.25) is 6.10 Å². The molecular weight excluding hydrogens is 830 g/mol. The molecule has 2 saturated heterocycles. The van der Waals surface area contributed by atoms with Crippen LogP contribution in [-0.2, 0) is 61.9 Å². The van der Waals surface area contributed by atoms with E-state index in [1.54, 1.807) is 13.8 Å². The van der Waals surface area contributed by atoms with Crippen LogP contribution in [0.3, 0.4) is 0 Å². The molecule has 19 heteroatoms. The number of alkyl carbamates (subject to hydrolysis) is 1. The second-order valence-electron chi connectivity index (χ2n) is 20.3. The van der Waals surface area contributed by atoms with E-state index in [1.807, 2.05) is 0 Å². The molecule has 5 fully saturated rings. The highest BCUT2D eigenvalue weighted by Crippen LogP contribution is 2.65. The Labute approximate surface area is 366 Å². The van der Waals surface area contributed by atoms with Crippen LogP contribution in [-0.4, -0.2) is 137 Å². The summed E-state index contributed by atoms with van der Waals surface area (Å²) < 4.78 is 46.5. The van der Waals surface area contributed by atoms with Gasteiger partial charge in [-0.2, -0.15) is 0 Å². The number of esters is 4. The average Bonchev–Trinajstić information content (AvgIpc) is 3.42.